The molecule has 13 heavy (non-hydrogen) atoms. The summed E-state index contributed by atoms with van der Waals surface area (Å²) in [5, 5.41) is 9.58. The van der Waals surface area contributed by atoms with Crippen molar-refractivity contribution in [2.45, 2.75) is 13.0 Å². The number of amides is 1. The van der Waals surface area contributed by atoms with Gasteiger partial charge in [0.25, 0.3) is 5.91 Å². The molecule has 6 heteroatoms. The topological polar surface area (TPSA) is 59.8 Å². The van der Waals surface area contributed by atoms with Gasteiger partial charge in [-0.1, -0.05) is 5.21 Å². The van der Waals surface area contributed by atoms with Gasteiger partial charge in [0, 0.05) is 7.05 Å². The average molecular weight is 186 g/mol. The monoisotopic (exact) mass is 186 g/mol. The highest BCUT2D eigenvalue weighted by Gasteiger charge is 2.12. The van der Waals surface area contributed by atoms with Crippen LogP contribution in [-0.4, -0.2) is 33.6 Å². The third-order valence-electron chi connectivity index (χ3n) is 1.56. The molecular formula is C7H11FN4O. The second-order valence-electron chi connectivity index (χ2n) is 2.77. The van der Waals surface area contributed by atoms with Crippen LogP contribution in [0.2, 0.25) is 0 Å². The minimum Gasteiger partial charge on any atom is -0.346 e. The number of nitrogens with one attached hydrogen (secondary N) is 1. The van der Waals surface area contributed by atoms with E-state index in [9.17, 15) is 9.18 Å². The van der Waals surface area contributed by atoms with Crippen LogP contribution < -0.4 is 5.32 Å². The summed E-state index contributed by atoms with van der Waals surface area (Å²) in [4.78, 5) is 11.3. The van der Waals surface area contributed by atoms with Crippen LogP contribution in [0.4, 0.5) is 4.39 Å². The molecule has 0 radical (unpaired) electrons. The van der Waals surface area contributed by atoms with Crippen LogP contribution in [0.3, 0.4) is 0 Å². The fourth-order valence-electron chi connectivity index (χ4n) is 0.832. The molecule has 0 saturated carbocycles. The number of carbonyl (C=O) groups excluding carboxylic acids is 1. The van der Waals surface area contributed by atoms with Crippen LogP contribution in [0.25, 0.3) is 0 Å². The maximum atomic E-state index is 12.0. The fourth-order valence-corrected chi connectivity index (χ4v) is 0.832. The molecule has 0 aliphatic rings. The zero-order valence-electron chi connectivity index (χ0n) is 7.49. The number of aryl methyl sites for hydroxylation is 1. The summed E-state index contributed by atoms with van der Waals surface area (Å²) in [7, 11) is 1.60. The van der Waals surface area contributed by atoms with Crippen LogP contribution in [-0.2, 0) is 7.05 Å². The number of alkyl halides is 1. The largest absolute Gasteiger partial charge is 0.346 e. The van der Waals surface area contributed by atoms with Gasteiger partial charge in [-0.25, -0.2) is 9.07 Å². The normalized spacial score (nSPS) is 12.5. The number of hydrogen-bond acceptors (Lipinski definition) is 3. The van der Waals surface area contributed by atoms with Gasteiger partial charge in [0.1, 0.15) is 12.4 Å². The van der Waals surface area contributed by atoms with Crippen LogP contribution in [0, 0.1) is 0 Å². The van der Waals surface area contributed by atoms with Crippen molar-refractivity contribution in [2.24, 2.45) is 7.05 Å². The summed E-state index contributed by atoms with van der Waals surface area (Å²) < 4.78 is 13.4. The first-order valence-electron chi connectivity index (χ1n) is 3.86. The first-order valence-corrected chi connectivity index (χ1v) is 3.86. The molecule has 1 unspecified atom stereocenters. The second-order valence-corrected chi connectivity index (χ2v) is 2.77. The van der Waals surface area contributed by atoms with E-state index in [-0.39, 0.29) is 5.91 Å². The van der Waals surface area contributed by atoms with Crippen molar-refractivity contribution in [2.75, 3.05) is 6.67 Å². The van der Waals surface area contributed by atoms with Crippen molar-refractivity contribution in [1.82, 2.24) is 20.3 Å². The van der Waals surface area contributed by atoms with E-state index in [2.05, 4.69) is 15.6 Å². The minimum atomic E-state index is -0.586. The van der Waals surface area contributed by atoms with Crippen molar-refractivity contribution < 1.29 is 9.18 Å². The molecule has 0 fully saturated rings. The van der Waals surface area contributed by atoms with E-state index < -0.39 is 12.7 Å². The van der Waals surface area contributed by atoms with Gasteiger partial charge in [0.15, 0.2) is 0 Å². The summed E-state index contributed by atoms with van der Waals surface area (Å²) in [5.41, 5.74) is 0.320. The number of hydrogen-bond donors (Lipinski definition) is 1. The van der Waals surface area contributed by atoms with E-state index in [1.807, 2.05) is 0 Å². The Morgan fingerprint density at radius 1 is 1.85 bits per heavy atom. The van der Waals surface area contributed by atoms with Crippen molar-refractivity contribution >= 4 is 5.91 Å². The molecule has 1 aromatic rings. The van der Waals surface area contributed by atoms with Gasteiger partial charge in [-0.15, -0.1) is 5.10 Å². The molecule has 0 bridgehead atoms. The van der Waals surface area contributed by atoms with E-state index in [0.29, 0.717) is 5.69 Å². The predicted molar refractivity (Wildman–Crippen MR) is 43.9 cm³/mol. The summed E-state index contributed by atoms with van der Waals surface area (Å²) in [6.07, 6.45) is 1.33. The third-order valence-corrected chi connectivity index (χ3v) is 1.56. The van der Waals surface area contributed by atoms with E-state index >= 15 is 0 Å². The average Bonchev–Trinajstić information content (AvgIpc) is 2.51. The second kappa shape index (κ2) is 3.97. The summed E-state index contributed by atoms with van der Waals surface area (Å²) >= 11 is 0. The smallest absolute Gasteiger partial charge is 0.271 e. The highest BCUT2D eigenvalue weighted by molar-refractivity contribution is 5.92. The van der Waals surface area contributed by atoms with Gasteiger partial charge in [-0.2, -0.15) is 0 Å². The Balaban J connectivity index is 2.64. The molecule has 0 spiro atoms. The molecule has 1 N–H and O–H groups in total. The van der Waals surface area contributed by atoms with Crippen LogP contribution in [0.15, 0.2) is 6.20 Å². The fraction of sp³-hybridized carbons (Fsp3) is 0.571. The van der Waals surface area contributed by atoms with Gasteiger partial charge in [-0.05, 0) is 6.92 Å². The van der Waals surface area contributed by atoms with Crippen LogP contribution in [0.5, 0.6) is 0 Å². The number of nitrogens with zero attached hydrogens (tertiary/aromatic N) is 3. The van der Waals surface area contributed by atoms with Crippen molar-refractivity contribution in [3.63, 3.8) is 0 Å². The van der Waals surface area contributed by atoms with E-state index in [0.717, 1.165) is 0 Å². The minimum absolute atomic E-state index is 0.320. The molecule has 1 amide bonds. The lowest BCUT2D eigenvalue weighted by Gasteiger charge is -2.08. The van der Waals surface area contributed by atoms with E-state index in [1.165, 1.54) is 10.9 Å². The SMILES string of the molecule is CC(CF)NC(=O)c1cnnn1C. The molecule has 0 saturated heterocycles. The molecule has 72 valence electrons. The van der Waals surface area contributed by atoms with E-state index in [1.54, 1.807) is 14.0 Å². The zero-order valence-corrected chi connectivity index (χ0v) is 7.49. The van der Waals surface area contributed by atoms with Crippen molar-refractivity contribution in [3.05, 3.63) is 11.9 Å². The summed E-state index contributed by atoms with van der Waals surface area (Å²) in [6.45, 7) is 0.999. The quantitative estimate of drug-likeness (QED) is 0.717. The molecule has 0 aromatic carbocycles. The molecule has 0 aliphatic heterocycles. The van der Waals surface area contributed by atoms with Crippen LogP contribution >= 0.6 is 0 Å². The summed E-state index contributed by atoms with van der Waals surface area (Å²) in [5.74, 6) is -0.363. The Kier molecular flexibility index (Phi) is 2.94. The van der Waals surface area contributed by atoms with E-state index in [4.69, 9.17) is 0 Å². The predicted octanol–water partition coefficient (Wildman–Crippen LogP) is -0.0971. The first-order chi connectivity index (χ1) is 6.15. The molecule has 5 nitrogen and oxygen atoms in total. The lowest BCUT2D eigenvalue weighted by atomic mass is 10.3. The molecule has 0 aliphatic carbocycles. The van der Waals surface area contributed by atoms with Crippen molar-refractivity contribution in [3.8, 4) is 0 Å². The Labute approximate surface area is 74.9 Å². The highest BCUT2D eigenvalue weighted by atomic mass is 19.1. The molecule has 1 heterocycles. The number of aromatic nitrogens is 3. The Morgan fingerprint density at radius 3 is 3.00 bits per heavy atom. The Hall–Kier alpha value is -1.46. The number of halogens is 1. The third kappa shape index (κ3) is 2.24. The summed E-state index contributed by atoms with van der Waals surface area (Å²) in [6, 6.07) is -0.484. The lowest BCUT2D eigenvalue weighted by molar-refractivity contribution is 0.0924. The van der Waals surface area contributed by atoms with Gasteiger partial charge in [0.05, 0.1) is 12.2 Å². The number of rotatable bonds is 3. The van der Waals surface area contributed by atoms with Gasteiger partial charge >= 0.3 is 0 Å². The zero-order chi connectivity index (χ0) is 9.84. The Morgan fingerprint density at radius 2 is 2.54 bits per heavy atom. The first kappa shape index (κ1) is 9.63. The van der Waals surface area contributed by atoms with Crippen molar-refractivity contribution in [1.29, 1.82) is 0 Å². The number of carbonyl (C=O) groups is 1. The molecule has 1 aromatic heterocycles. The molecule has 1 atom stereocenters. The molecule has 1 rings (SSSR count). The van der Waals surface area contributed by atoms with Gasteiger partial charge in [-0.3, -0.25) is 4.79 Å². The highest BCUT2D eigenvalue weighted by Crippen LogP contribution is 1.94. The van der Waals surface area contributed by atoms with Gasteiger partial charge in [0.2, 0.25) is 0 Å². The Bertz CT molecular complexity index is 298. The maximum Gasteiger partial charge on any atom is 0.271 e. The maximum absolute atomic E-state index is 12.0. The van der Waals surface area contributed by atoms with Crippen LogP contribution in [0.1, 0.15) is 17.4 Å². The standard InChI is InChI=1S/C7H11FN4O/c1-5(3-8)10-7(13)6-4-9-11-12(6)2/h4-5H,3H2,1-2H3,(H,10,13). The molecular weight excluding hydrogens is 175 g/mol. The van der Waals surface area contributed by atoms with Gasteiger partial charge < -0.3 is 5.32 Å². The lowest BCUT2D eigenvalue weighted by Crippen LogP contribution is -2.35.